The number of anilines is 2. The molecule has 3 amide bonds. The highest BCUT2D eigenvalue weighted by molar-refractivity contribution is 8.01. The van der Waals surface area contributed by atoms with E-state index in [0.717, 1.165) is 30.6 Å². The zero-order chi connectivity index (χ0) is 21.8. The molecule has 162 valence electrons. The van der Waals surface area contributed by atoms with Crippen LogP contribution in [0.2, 0.25) is 5.02 Å². The van der Waals surface area contributed by atoms with Crippen LogP contribution in [0.5, 0.6) is 0 Å². The summed E-state index contributed by atoms with van der Waals surface area (Å²) < 4.78 is 0. The maximum Gasteiger partial charge on any atom is 0.250 e. The Balaban J connectivity index is 1.54. The lowest BCUT2D eigenvalue weighted by molar-refractivity contribution is -0.135. The molecule has 0 aliphatic carbocycles. The first-order chi connectivity index (χ1) is 15.0. The summed E-state index contributed by atoms with van der Waals surface area (Å²) >= 11 is 7.27. The summed E-state index contributed by atoms with van der Waals surface area (Å²) in [5, 5.41) is 2.42. The van der Waals surface area contributed by atoms with Gasteiger partial charge in [0.2, 0.25) is 11.8 Å². The largest absolute Gasteiger partial charge is 0.341 e. The average molecular weight is 458 g/mol. The number of carbonyl (C=O) groups is 3. The molecule has 0 bridgehead atoms. The van der Waals surface area contributed by atoms with E-state index in [1.165, 1.54) is 16.7 Å². The number of amides is 3. The third-order valence-electron chi connectivity index (χ3n) is 5.44. The number of nitrogens with zero attached hydrogens (tertiary/aromatic N) is 2. The van der Waals surface area contributed by atoms with Crippen molar-refractivity contribution in [1.82, 2.24) is 4.90 Å². The van der Waals surface area contributed by atoms with Gasteiger partial charge in [-0.15, -0.1) is 11.8 Å². The van der Waals surface area contributed by atoms with E-state index >= 15 is 0 Å². The maximum absolute atomic E-state index is 13.4. The molecule has 0 saturated carbocycles. The lowest BCUT2D eigenvalue weighted by Crippen LogP contribution is -2.51. The van der Waals surface area contributed by atoms with Gasteiger partial charge in [0.15, 0.2) is 5.25 Å². The molecule has 31 heavy (non-hydrogen) atoms. The molecule has 1 N–H and O–H groups in total. The van der Waals surface area contributed by atoms with Crippen LogP contribution in [-0.2, 0) is 14.4 Å². The highest BCUT2D eigenvalue weighted by Gasteiger charge is 2.40. The Morgan fingerprint density at radius 3 is 2.52 bits per heavy atom. The number of para-hydroxylation sites is 1. The monoisotopic (exact) mass is 457 g/mol. The van der Waals surface area contributed by atoms with Gasteiger partial charge in [-0.1, -0.05) is 42.6 Å². The van der Waals surface area contributed by atoms with Crippen LogP contribution in [0.3, 0.4) is 0 Å². The molecule has 2 aromatic rings. The average Bonchev–Trinajstić information content (AvgIpc) is 3.05. The van der Waals surface area contributed by atoms with E-state index in [-0.39, 0.29) is 24.3 Å². The van der Waals surface area contributed by atoms with Crippen molar-refractivity contribution in [3.63, 3.8) is 0 Å². The highest BCUT2D eigenvalue weighted by Crippen LogP contribution is 2.39. The fraction of sp³-hybridized carbons (Fsp3) is 0.348. The Hall–Kier alpha value is -2.51. The summed E-state index contributed by atoms with van der Waals surface area (Å²) in [6.07, 6.45) is 4.13. The van der Waals surface area contributed by atoms with Gasteiger partial charge < -0.3 is 15.1 Å². The Morgan fingerprint density at radius 2 is 1.77 bits per heavy atom. The van der Waals surface area contributed by atoms with Gasteiger partial charge in [0, 0.05) is 28.7 Å². The minimum absolute atomic E-state index is 0.161. The minimum atomic E-state index is -0.869. The van der Waals surface area contributed by atoms with E-state index in [1.807, 2.05) is 18.2 Å². The van der Waals surface area contributed by atoms with Crippen LogP contribution in [-0.4, -0.2) is 47.5 Å². The van der Waals surface area contributed by atoms with E-state index < -0.39 is 5.25 Å². The lowest BCUT2D eigenvalue weighted by atomic mass is 10.2. The molecule has 0 spiro atoms. The van der Waals surface area contributed by atoms with Gasteiger partial charge >= 0.3 is 0 Å². The van der Waals surface area contributed by atoms with E-state index in [9.17, 15) is 14.4 Å². The Kier molecular flexibility index (Phi) is 6.83. The number of thioether (sulfide) groups is 1. The number of benzene rings is 2. The molecule has 0 unspecified atom stereocenters. The number of nitrogens with one attached hydrogen (secondary N) is 1. The molecule has 1 saturated heterocycles. The second kappa shape index (κ2) is 9.75. The molecule has 2 heterocycles. The second-order valence-corrected chi connectivity index (χ2v) is 9.27. The van der Waals surface area contributed by atoms with Crippen LogP contribution in [0, 0.1) is 0 Å². The van der Waals surface area contributed by atoms with Crippen molar-refractivity contribution in [2.75, 3.05) is 29.9 Å². The SMILES string of the molecule is O=C(CN1C(=O)[C@@H](C(=O)N2CCCCCC2)Sc2ccccc21)Nc1cccc(Cl)c1. The van der Waals surface area contributed by atoms with Crippen molar-refractivity contribution in [3.05, 3.63) is 53.6 Å². The molecule has 0 radical (unpaired) electrons. The molecule has 6 nitrogen and oxygen atoms in total. The number of hydrogen-bond acceptors (Lipinski definition) is 4. The van der Waals surface area contributed by atoms with Crippen molar-refractivity contribution < 1.29 is 14.4 Å². The van der Waals surface area contributed by atoms with Gasteiger partial charge in [-0.05, 0) is 43.2 Å². The third-order valence-corrected chi connectivity index (χ3v) is 6.92. The highest BCUT2D eigenvalue weighted by atomic mass is 35.5. The number of fused-ring (bicyclic) bond motifs is 1. The Labute approximate surface area is 190 Å². The molecule has 2 aliphatic rings. The zero-order valence-electron chi connectivity index (χ0n) is 17.1. The van der Waals surface area contributed by atoms with Crippen LogP contribution < -0.4 is 10.2 Å². The summed E-state index contributed by atoms with van der Waals surface area (Å²) in [6.45, 7) is 1.19. The summed E-state index contributed by atoms with van der Waals surface area (Å²) in [6, 6.07) is 14.2. The first-order valence-electron chi connectivity index (χ1n) is 10.4. The first-order valence-corrected chi connectivity index (χ1v) is 11.7. The van der Waals surface area contributed by atoms with Gasteiger partial charge in [-0.2, -0.15) is 0 Å². The van der Waals surface area contributed by atoms with Gasteiger partial charge in [0.1, 0.15) is 6.54 Å². The maximum atomic E-state index is 13.4. The number of likely N-dealkylation sites (tertiary alicyclic amines) is 1. The van der Waals surface area contributed by atoms with Crippen molar-refractivity contribution in [1.29, 1.82) is 0 Å². The van der Waals surface area contributed by atoms with Crippen LogP contribution >= 0.6 is 23.4 Å². The molecular weight excluding hydrogens is 434 g/mol. The third kappa shape index (κ3) is 5.05. The molecule has 8 heteroatoms. The predicted octanol–water partition coefficient (Wildman–Crippen LogP) is 4.19. The molecule has 2 aliphatic heterocycles. The second-order valence-electron chi connectivity index (χ2n) is 7.69. The first kappa shape index (κ1) is 21.7. The van der Waals surface area contributed by atoms with Gasteiger partial charge in [0.25, 0.3) is 5.91 Å². The van der Waals surface area contributed by atoms with Gasteiger partial charge in [-0.25, -0.2) is 0 Å². The number of halogens is 1. The van der Waals surface area contributed by atoms with Crippen LogP contribution in [0.4, 0.5) is 11.4 Å². The summed E-state index contributed by atoms with van der Waals surface area (Å²) in [4.78, 5) is 43.4. The van der Waals surface area contributed by atoms with E-state index in [0.29, 0.717) is 29.5 Å². The normalized spacial score (nSPS) is 18.9. The topological polar surface area (TPSA) is 69.7 Å². The number of hydrogen-bond donors (Lipinski definition) is 1. The van der Waals surface area contributed by atoms with Crippen LogP contribution in [0.25, 0.3) is 0 Å². The quantitative estimate of drug-likeness (QED) is 0.699. The lowest BCUT2D eigenvalue weighted by Gasteiger charge is -2.34. The van der Waals surface area contributed by atoms with Gasteiger partial charge in [-0.3, -0.25) is 14.4 Å². The molecule has 1 fully saturated rings. The molecule has 1 atom stereocenters. The number of rotatable bonds is 4. The fourth-order valence-corrected chi connectivity index (χ4v) is 5.28. The number of carbonyl (C=O) groups excluding carboxylic acids is 3. The van der Waals surface area contributed by atoms with E-state index in [2.05, 4.69) is 5.32 Å². The standard InChI is InChI=1S/C23H24ClN3O3S/c24-16-8-7-9-17(14-16)25-20(28)15-27-18-10-3-4-11-19(18)31-21(23(27)30)22(29)26-12-5-1-2-6-13-26/h3-4,7-11,14,21H,1-2,5-6,12-13,15H2,(H,25,28)/t21-/m1/s1. The summed E-state index contributed by atoms with van der Waals surface area (Å²) in [5.74, 6) is -0.857. The smallest absolute Gasteiger partial charge is 0.250 e. The Morgan fingerprint density at radius 1 is 1.03 bits per heavy atom. The summed E-state index contributed by atoms with van der Waals surface area (Å²) in [7, 11) is 0. The van der Waals surface area contributed by atoms with E-state index in [4.69, 9.17) is 11.6 Å². The fourth-order valence-electron chi connectivity index (χ4n) is 3.90. The van der Waals surface area contributed by atoms with Crippen molar-refractivity contribution in [2.24, 2.45) is 0 Å². The minimum Gasteiger partial charge on any atom is -0.341 e. The molecule has 4 rings (SSSR count). The van der Waals surface area contributed by atoms with Crippen molar-refractivity contribution >= 4 is 52.5 Å². The van der Waals surface area contributed by atoms with Crippen molar-refractivity contribution in [2.45, 2.75) is 35.8 Å². The van der Waals surface area contributed by atoms with Crippen LogP contribution in [0.1, 0.15) is 25.7 Å². The molecular formula is C23H24ClN3O3S. The van der Waals surface area contributed by atoms with Gasteiger partial charge in [0.05, 0.1) is 5.69 Å². The summed E-state index contributed by atoms with van der Waals surface area (Å²) in [5.41, 5.74) is 1.21. The Bertz CT molecular complexity index is 992. The van der Waals surface area contributed by atoms with Crippen LogP contribution in [0.15, 0.2) is 53.4 Å². The van der Waals surface area contributed by atoms with E-state index in [1.54, 1.807) is 35.2 Å². The van der Waals surface area contributed by atoms with Crippen molar-refractivity contribution in [3.8, 4) is 0 Å². The molecule has 2 aromatic carbocycles. The molecule has 0 aromatic heterocycles. The zero-order valence-corrected chi connectivity index (χ0v) is 18.6. The predicted molar refractivity (Wildman–Crippen MR) is 124 cm³/mol.